The van der Waals surface area contributed by atoms with E-state index < -0.39 is 5.91 Å². The van der Waals surface area contributed by atoms with E-state index in [9.17, 15) is 9.90 Å². The number of phenols is 1. The van der Waals surface area contributed by atoms with Gasteiger partial charge in [-0.3, -0.25) is 4.79 Å². The number of aromatic hydroxyl groups is 1. The van der Waals surface area contributed by atoms with Crippen LogP contribution in [0.3, 0.4) is 0 Å². The lowest BCUT2D eigenvalue weighted by Crippen LogP contribution is -2.13. The van der Waals surface area contributed by atoms with Crippen molar-refractivity contribution in [2.45, 2.75) is 0 Å². The van der Waals surface area contributed by atoms with Crippen LogP contribution in [0.15, 0.2) is 48.5 Å². The van der Waals surface area contributed by atoms with Gasteiger partial charge >= 0.3 is 0 Å². The summed E-state index contributed by atoms with van der Waals surface area (Å²) in [5.74, 6) is -0.877. The highest BCUT2D eigenvalue weighted by molar-refractivity contribution is 6.18. The van der Waals surface area contributed by atoms with E-state index in [0.29, 0.717) is 21.9 Å². The number of hydrogen-bond acceptors (Lipinski definition) is 4. The minimum Gasteiger partial charge on any atom is -0.506 e. The van der Waals surface area contributed by atoms with Crippen molar-refractivity contribution >= 4 is 38.7 Å². The summed E-state index contributed by atoms with van der Waals surface area (Å²) in [6.07, 6.45) is 0. The minimum atomic E-state index is -0.724. The number of hydrogen-bond donors (Lipinski definition) is 2. The summed E-state index contributed by atoms with van der Waals surface area (Å²) in [6.45, 7) is 0. The van der Waals surface area contributed by atoms with E-state index in [4.69, 9.17) is 5.73 Å². The second-order valence-corrected chi connectivity index (χ2v) is 5.04. The van der Waals surface area contributed by atoms with Gasteiger partial charge in [-0.2, -0.15) is 0 Å². The zero-order valence-corrected chi connectivity index (χ0v) is 11.4. The van der Waals surface area contributed by atoms with E-state index >= 15 is 0 Å². The molecule has 3 aromatic carbocycles. The maximum Gasteiger partial charge on any atom is 0.254 e. The van der Waals surface area contributed by atoms with E-state index in [2.05, 4.69) is 9.97 Å². The summed E-state index contributed by atoms with van der Waals surface area (Å²) >= 11 is 0. The van der Waals surface area contributed by atoms with Gasteiger partial charge < -0.3 is 10.8 Å². The van der Waals surface area contributed by atoms with E-state index in [-0.39, 0.29) is 11.3 Å². The number of rotatable bonds is 1. The number of amides is 1. The van der Waals surface area contributed by atoms with Crippen LogP contribution >= 0.6 is 0 Å². The molecule has 0 radical (unpaired) electrons. The molecule has 5 heteroatoms. The number of para-hydroxylation sites is 2. The van der Waals surface area contributed by atoms with Crippen LogP contribution in [0.5, 0.6) is 5.75 Å². The van der Waals surface area contributed by atoms with Gasteiger partial charge in [0.25, 0.3) is 5.91 Å². The van der Waals surface area contributed by atoms with Crippen LogP contribution < -0.4 is 5.73 Å². The molecule has 4 aromatic rings. The lowest BCUT2D eigenvalue weighted by molar-refractivity contribution is 0.0999. The van der Waals surface area contributed by atoms with Crippen LogP contribution in [-0.4, -0.2) is 21.0 Å². The monoisotopic (exact) mass is 289 g/mol. The first-order valence-corrected chi connectivity index (χ1v) is 6.77. The molecule has 1 amide bonds. The predicted molar refractivity (Wildman–Crippen MR) is 84.7 cm³/mol. The summed E-state index contributed by atoms with van der Waals surface area (Å²) in [6, 6.07) is 14.6. The van der Waals surface area contributed by atoms with Crippen molar-refractivity contribution < 1.29 is 9.90 Å². The van der Waals surface area contributed by atoms with Crippen molar-refractivity contribution in [3.05, 3.63) is 54.1 Å². The fourth-order valence-corrected chi connectivity index (χ4v) is 2.74. The van der Waals surface area contributed by atoms with Gasteiger partial charge in [0, 0.05) is 10.8 Å². The zero-order valence-electron chi connectivity index (χ0n) is 11.4. The lowest BCUT2D eigenvalue weighted by atomic mass is 10.0. The van der Waals surface area contributed by atoms with Gasteiger partial charge in [0.1, 0.15) is 16.8 Å². The molecule has 0 aliphatic rings. The molecule has 1 heterocycles. The molecule has 0 aliphatic heterocycles. The fourth-order valence-electron chi connectivity index (χ4n) is 2.74. The van der Waals surface area contributed by atoms with Crippen molar-refractivity contribution in [2.75, 3.05) is 0 Å². The van der Waals surface area contributed by atoms with Crippen molar-refractivity contribution in [2.24, 2.45) is 5.73 Å². The number of carbonyl (C=O) groups excluding carboxylic acids is 1. The first-order valence-electron chi connectivity index (χ1n) is 6.77. The Hall–Kier alpha value is -3.21. The number of carbonyl (C=O) groups is 1. The second kappa shape index (κ2) is 4.39. The molecular weight excluding hydrogens is 278 g/mol. The quantitative estimate of drug-likeness (QED) is 0.416. The Morgan fingerprint density at radius 3 is 2.05 bits per heavy atom. The molecular formula is C17H11N3O2. The van der Waals surface area contributed by atoms with Crippen LogP contribution in [-0.2, 0) is 0 Å². The maximum absolute atomic E-state index is 11.8. The Morgan fingerprint density at radius 2 is 1.41 bits per heavy atom. The molecule has 0 saturated carbocycles. The smallest absolute Gasteiger partial charge is 0.254 e. The van der Waals surface area contributed by atoms with Gasteiger partial charge in [0.05, 0.1) is 16.6 Å². The Kier molecular flexibility index (Phi) is 2.50. The lowest BCUT2D eigenvalue weighted by Gasteiger charge is -2.10. The third-order valence-corrected chi connectivity index (χ3v) is 3.73. The summed E-state index contributed by atoms with van der Waals surface area (Å²) < 4.78 is 0. The Bertz CT molecular complexity index is 1070. The van der Waals surface area contributed by atoms with Gasteiger partial charge in [-0.25, -0.2) is 9.97 Å². The SMILES string of the molecule is NC(=O)c1c(O)c2ccccc2c2nc3ccccc3nc12. The number of aromatic nitrogens is 2. The molecule has 0 aliphatic carbocycles. The van der Waals surface area contributed by atoms with Gasteiger partial charge in [-0.15, -0.1) is 0 Å². The molecule has 1 aromatic heterocycles. The van der Waals surface area contributed by atoms with Crippen molar-refractivity contribution in [1.82, 2.24) is 9.97 Å². The molecule has 0 unspecified atom stereocenters. The summed E-state index contributed by atoms with van der Waals surface area (Å²) in [4.78, 5) is 20.9. The van der Waals surface area contributed by atoms with Gasteiger partial charge in [0.15, 0.2) is 0 Å². The third-order valence-electron chi connectivity index (χ3n) is 3.73. The first-order chi connectivity index (χ1) is 10.7. The molecule has 3 N–H and O–H groups in total. The van der Waals surface area contributed by atoms with Crippen molar-refractivity contribution in [3.8, 4) is 5.75 Å². The maximum atomic E-state index is 11.8. The Balaban J connectivity index is 2.35. The number of benzene rings is 3. The van der Waals surface area contributed by atoms with Crippen molar-refractivity contribution in [1.29, 1.82) is 0 Å². The Morgan fingerprint density at radius 1 is 0.864 bits per heavy atom. The minimum absolute atomic E-state index is 0.00644. The standard InChI is InChI=1S/C17H11N3O2/c18-17(22)13-15-14(9-5-1-2-6-10(9)16(13)21)19-11-7-3-4-8-12(11)20-15/h1-8,21H,(H2,18,22). The largest absolute Gasteiger partial charge is 0.506 e. The molecule has 0 bridgehead atoms. The average molecular weight is 289 g/mol. The van der Waals surface area contributed by atoms with Gasteiger partial charge in [0.2, 0.25) is 0 Å². The molecule has 4 rings (SSSR count). The molecule has 22 heavy (non-hydrogen) atoms. The number of nitrogens with zero attached hydrogens (tertiary/aromatic N) is 2. The van der Waals surface area contributed by atoms with Crippen LogP contribution in [0.25, 0.3) is 32.8 Å². The van der Waals surface area contributed by atoms with Crippen LogP contribution in [0, 0.1) is 0 Å². The number of nitrogens with two attached hydrogens (primary N) is 1. The van der Waals surface area contributed by atoms with Crippen molar-refractivity contribution in [3.63, 3.8) is 0 Å². The summed E-state index contributed by atoms with van der Waals surface area (Å²) in [5.41, 5.74) is 7.70. The molecule has 0 spiro atoms. The highest BCUT2D eigenvalue weighted by atomic mass is 16.3. The predicted octanol–water partition coefficient (Wildman–Crippen LogP) is 2.74. The zero-order chi connectivity index (χ0) is 15.3. The normalized spacial score (nSPS) is 11.3. The van der Waals surface area contributed by atoms with E-state index in [0.717, 1.165) is 10.9 Å². The van der Waals surface area contributed by atoms with E-state index in [1.54, 1.807) is 18.2 Å². The first kappa shape index (κ1) is 12.5. The van der Waals surface area contributed by atoms with Crippen LogP contribution in [0.2, 0.25) is 0 Å². The molecule has 5 nitrogen and oxygen atoms in total. The topological polar surface area (TPSA) is 89.1 Å². The van der Waals surface area contributed by atoms with Crippen LogP contribution in [0.4, 0.5) is 0 Å². The van der Waals surface area contributed by atoms with E-state index in [1.807, 2.05) is 30.3 Å². The third kappa shape index (κ3) is 1.62. The summed E-state index contributed by atoms with van der Waals surface area (Å²) in [5, 5.41) is 11.7. The molecule has 0 fully saturated rings. The highest BCUT2D eigenvalue weighted by Crippen LogP contribution is 2.36. The molecule has 0 atom stereocenters. The van der Waals surface area contributed by atoms with E-state index in [1.165, 1.54) is 0 Å². The number of fused-ring (bicyclic) bond motifs is 4. The highest BCUT2D eigenvalue weighted by Gasteiger charge is 2.20. The molecule has 0 saturated heterocycles. The fraction of sp³-hybridized carbons (Fsp3) is 0. The Labute approximate surface area is 125 Å². The van der Waals surface area contributed by atoms with Gasteiger partial charge in [-0.1, -0.05) is 36.4 Å². The van der Waals surface area contributed by atoms with Crippen LogP contribution in [0.1, 0.15) is 10.4 Å². The molecule has 106 valence electrons. The average Bonchev–Trinajstić information content (AvgIpc) is 2.53. The summed E-state index contributed by atoms with van der Waals surface area (Å²) in [7, 11) is 0. The number of primary amides is 1. The van der Waals surface area contributed by atoms with Gasteiger partial charge in [-0.05, 0) is 12.1 Å². The second-order valence-electron chi connectivity index (χ2n) is 5.04.